The number of rotatable bonds is 7. The van der Waals surface area contributed by atoms with Gasteiger partial charge in [0.25, 0.3) is 0 Å². The minimum Gasteiger partial charge on any atom is -0.393 e. The smallest absolute Gasteiger partial charge is 0.222 e. The van der Waals surface area contributed by atoms with E-state index in [1.165, 1.54) is 13.0 Å². The summed E-state index contributed by atoms with van der Waals surface area (Å²) in [5, 5.41) is 14.2. The van der Waals surface area contributed by atoms with E-state index >= 15 is 0 Å². The second kappa shape index (κ2) is 8.43. The molecule has 0 saturated carbocycles. The SMILES string of the molecule is CC(=O)NC(CC(=O)NCCC(C)O)c1ccc(F)cc1F. The molecular weight excluding hydrogens is 294 g/mol. The second-order valence-electron chi connectivity index (χ2n) is 5.11. The Balaban J connectivity index is 2.76. The highest BCUT2D eigenvalue weighted by Crippen LogP contribution is 2.21. The number of hydrogen-bond donors (Lipinski definition) is 3. The summed E-state index contributed by atoms with van der Waals surface area (Å²) >= 11 is 0. The summed E-state index contributed by atoms with van der Waals surface area (Å²) in [6.07, 6.45) is -0.329. The van der Waals surface area contributed by atoms with Gasteiger partial charge in [-0.05, 0) is 19.4 Å². The normalized spacial score (nSPS) is 13.3. The third-order valence-corrected chi connectivity index (χ3v) is 2.99. The monoisotopic (exact) mass is 314 g/mol. The van der Waals surface area contributed by atoms with Gasteiger partial charge in [0, 0.05) is 25.1 Å². The molecule has 0 aromatic heterocycles. The zero-order valence-corrected chi connectivity index (χ0v) is 12.5. The first kappa shape index (κ1) is 18.0. The Bertz CT molecular complexity index is 536. The molecule has 2 amide bonds. The van der Waals surface area contributed by atoms with Gasteiger partial charge in [-0.25, -0.2) is 8.78 Å². The molecule has 2 atom stereocenters. The first-order valence-corrected chi connectivity index (χ1v) is 6.96. The minimum absolute atomic E-state index is 0.0438. The van der Waals surface area contributed by atoms with Crippen molar-refractivity contribution in [2.45, 2.75) is 38.8 Å². The topological polar surface area (TPSA) is 78.4 Å². The molecule has 3 N–H and O–H groups in total. The Labute approximate surface area is 127 Å². The van der Waals surface area contributed by atoms with E-state index in [9.17, 15) is 18.4 Å². The van der Waals surface area contributed by atoms with Crippen molar-refractivity contribution in [3.05, 3.63) is 35.4 Å². The fourth-order valence-corrected chi connectivity index (χ4v) is 1.95. The summed E-state index contributed by atoms with van der Waals surface area (Å²) in [5.74, 6) is -2.38. The Hall–Kier alpha value is -2.02. The van der Waals surface area contributed by atoms with Crippen molar-refractivity contribution in [3.63, 3.8) is 0 Å². The number of carbonyl (C=O) groups excluding carboxylic acids is 2. The van der Waals surface area contributed by atoms with E-state index < -0.39 is 35.6 Å². The summed E-state index contributed by atoms with van der Waals surface area (Å²) in [6, 6.07) is 2.09. The average molecular weight is 314 g/mol. The van der Waals surface area contributed by atoms with Crippen LogP contribution in [0.4, 0.5) is 8.78 Å². The minimum atomic E-state index is -0.885. The summed E-state index contributed by atoms with van der Waals surface area (Å²) in [4.78, 5) is 23.0. The molecule has 2 unspecified atom stereocenters. The van der Waals surface area contributed by atoms with Crippen molar-refractivity contribution in [2.24, 2.45) is 0 Å². The van der Waals surface area contributed by atoms with Crippen LogP contribution in [-0.4, -0.2) is 29.6 Å². The van der Waals surface area contributed by atoms with E-state index in [4.69, 9.17) is 5.11 Å². The van der Waals surface area contributed by atoms with Crippen LogP contribution < -0.4 is 10.6 Å². The van der Waals surface area contributed by atoms with E-state index in [2.05, 4.69) is 10.6 Å². The molecule has 0 spiro atoms. The van der Waals surface area contributed by atoms with Gasteiger partial charge >= 0.3 is 0 Å². The highest BCUT2D eigenvalue weighted by Gasteiger charge is 2.20. The molecule has 1 aromatic rings. The highest BCUT2D eigenvalue weighted by molar-refractivity contribution is 5.79. The van der Waals surface area contributed by atoms with Gasteiger partial charge in [0.15, 0.2) is 0 Å². The fraction of sp³-hybridized carbons (Fsp3) is 0.467. The summed E-state index contributed by atoms with van der Waals surface area (Å²) in [5.41, 5.74) is 0.0438. The van der Waals surface area contributed by atoms with Gasteiger partial charge in [-0.1, -0.05) is 6.07 Å². The molecule has 22 heavy (non-hydrogen) atoms. The van der Waals surface area contributed by atoms with Gasteiger partial charge in [0.2, 0.25) is 11.8 Å². The number of benzene rings is 1. The highest BCUT2D eigenvalue weighted by atomic mass is 19.1. The molecular formula is C15H20F2N2O3. The van der Waals surface area contributed by atoms with Crippen molar-refractivity contribution in [1.82, 2.24) is 10.6 Å². The molecule has 0 aliphatic carbocycles. The van der Waals surface area contributed by atoms with Crippen molar-refractivity contribution in [1.29, 1.82) is 0 Å². The molecule has 0 heterocycles. The number of amides is 2. The first-order valence-electron chi connectivity index (χ1n) is 6.96. The second-order valence-corrected chi connectivity index (χ2v) is 5.11. The molecule has 7 heteroatoms. The van der Waals surface area contributed by atoms with Crippen molar-refractivity contribution in [2.75, 3.05) is 6.54 Å². The van der Waals surface area contributed by atoms with Crippen LogP contribution in [0.15, 0.2) is 18.2 Å². The number of aliphatic hydroxyl groups is 1. The first-order chi connectivity index (χ1) is 10.3. The third-order valence-electron chi connectivity index (χ3n) is 2.99. The Morgan fingerprint density at radius 1 is 1.32 bits per heavy atom. The van der Waals surface area contributed by atoms with E-state index in [0.717, 1.165) is 6.07 Å². The lowest BCUT2D eigenvalue weighted by atomic mass is 10.0. The zero-order valence-electron chi connectivity index (χ0n) is 12.5. The van der Waals surface area contributed by atoms with Crippen LogP contribution in [0.3, 0.4) is 0 Å². The summed E-state index contributed by atoms with van der Waals surface area (Å²) in [6.45, 7) is 3.12. The molecule has 0 bridgehead atoms. The van der Waals surface area contributed by atoms with E-state index in [0.29, 0.717) is 12.5 Å². The van der Waals surface area contributed by atoms with Crippen molar-refractivity contribution < 1.29 is 23.5 Å². The van der Waals surface area contributed by atoms with Crippen molar-refractivity contribution in [3.8, 4) is 0 Å². The maximum absolute atomic E-state index is 13.8. The Morgan fingerprint density at radius 3 is 2.55 bits per heavy atom. The summed E-state index contributed by atoms with van der Waals surface area (Å²) < 4.78 is 26.8. The van der Waals surface area contributed by atoms with Crippen LogP contribution in [-0.2, 0) is 9.59 Å². The van der Waals surface area contributed by atoms with Gasteiger partial charge < -0.3 is 15.7 Å². The van der Waals surface area contributed by atoms with Crippen LogP contribution in [0.2, 0.25) is 0 Å². The molecule has 0 saturated heterocycles. The largest absolute Gasteiger partial charge is 0.393 e. The van der Waals surface area contributed by atoms with Crippen LogP contribution >= 0.6 is 0 Å². The lowest BCUT2D eigenvalue weighted by Crippen LogP contribution is -2.34. The molecule has 0 aliphatic heterocycles. The average Bonchev–Trinajstić information content (AvgIpc) is 2.36. The number of nitrogens with one attached hydrogen (secondary N) is 2. The predicted octanol–water partition coefficient (Wildman–Crippen LogP) is 1.42. The van der Waals surface area contributed by atoms with Crippen LogP contribution in [0.5, 0.6) is 0 Å². The van der Waals surface area contributed by atoms with Crippen LogP contribution in [0.1, 0.15) is 38.3 Å². The van der Waals surface area contributed by atoms with E-state index in [-0.39, 0.29) is 18.5 Å². The molecule has 1 aromatic carbocycles. The zero-order chi connectivity index (χ0) is 16.7. The fourth-order valence-electron chi connectivity index (χ4n) is 1.95. The summed E-state index contributed by atoms with van der Waals surface area (Å²) in [7, 11) is 0. The lowest BCUT2D eigenvalue weighted by molar-refractivity contribution is -0.122. The number of halogens is 2. The maximum Gasteiger partial charge on any atom is 0.222 e. The quantitative estimate of drug-likeness (QED) is 0.712. The maximum atomic E-state index is 13.8. The van der Waals surface area contributed by atoms with E-state index in [1.807, 2.05) is 0 Å². The van der Waals surface area contributed by atoms with Gasteiger partial charge in [0.05, 0.1) is 18.6 Å². The van der Waals surface area contributed by atoms with Gasteiger partial charge in [0.1, 0.15) is 11.6 Å². The van der Waals surface area contributed by atoms with Gasteiger partial charge in [-0.2, -0.15) is 0 Å². The lowest BCUT2D eigenvalue weighted by Gasteiger charge is -2.19. The van der Waals surface area contributed by atoms with Crippen LogP contribution in [0, 0.1) is 11.6 Å². The van der Waals surface area contributed by atoms with Gasteiger partial charge in [-0.3, -0.25) is 9.59 Å². The van der Waals surface area contributed by atoms with Crippen molar-refractivity contribution >= 4 is 11.8 Å². The van der Waals surface area contributed by atoms with E-state index in [1.54, 1.807) is 6.92 Å². The third kappa shape index (κ3) is 6.17. The van der Waals surface area contributed by atoms with Crippen LogP contribution in [0.25, 0.3) is 0 Å². The molecule has 5 nitrogen and oxygen atoms in total. The molecule has 0 aliphatic rings. The molecule has 0 radical (unpaired) electrons. The molecule has 0 fully saturated rings. The Morgan fingerprint density at radius 2 is 2.00 bits per heavy atom. The Kier molecular flexibility index (Phi) is 6.91. The number of carbonyl (C=O) groups is 2. The molecule has 1 rings (SSSR count). The number of aliphatic hydroxyl groups excluding tert-OH is 1. The molecule has 122 valence electrons. The number of hydrogen-bond acceptors (Lipinski definition) is 3. The predicted molar refractivity (Wildman–Crippen MR) is 76.8 cm³/mol. The van der Waals surface area contributed by atoms with Gasteiger partial charge in [-0.15, -0.1) is 0 Å². The standard InChI is InChI=1S/C15H20F2N2O3/c1-9(20)5-6-18-15(22)8-14(19-10(2)21)12-4-3-11(16)7-13(12)17/h3-4,7,9,14,20H,5-6,8H2,1-2H3,(H,18,22)(H,19,21).